The van der Waals surface area contributed by atoms with E-state index in [4.69, 9.17) is 0 Å². The Morgan fingerprint density at radius 3 is 2.31 bits per heavy atom. The van der Waals surface area contributed by atoms with Crippen molar-refractivity contribution in [2.75, 3.05) is 18.9 Å². The van der Waals surface area contributed by atoms with Crippen LogP contribution in [-0.4, -0.2) is 49.2 Å². The van der Waals surface area contributed by atoms with Crippen molar-refractivity contribution >= 4 is 21.7 Å². The van der Waals surface area contributed by atoms with E-state index in [1.54, 1.807) is 7.05 Å². The van der Waals surface area contributed by atoms with Gasteiger partial charge in [0.05, 0.1) is 22.7 Å². The summed E-state index contributed by atoms with van der Waals surface area (Å²) in [5, 5.41) is 5.26. The number of nitrogens with one attached hydrogen (secondary N) is 2. The van der Waals surface area contributed by atoms with Crippen LogP contribution in [0.5, 0.6) is 0 Å². The molecule has 2 aromatic carbocycles. The summed E-state index contributed by atoms with van der Waals surface area (Å²) in [6, 6.07) is 9.18. The molecule has 0 bridgehead atoms. The second kappa shape index (κ2) is 10.5. The molecule has 0 unspecified atom stereocenters. The van der Waals surface area contributed by atoms with Crippen molar-refractivity contribution in [2.24, 2.45) is 0 Å². The van der Waals surface area contributed by atoms with E-state index in [1.807, 2.05) is 0 Å². The lowest BCUT2D eigenvalue weighted by Gasteiger charge is -2.23. The van der Waals surface area contributed by atoms with Crippen LogP contribution >= 0.6 is 0 Å². The third-order valence-corrected chi connectivity index (χ3v) is 7.93. The number of hydrogen-bond donors (Lipinski definition) is 2. The molecule has 39 heavy (non-hydrogen) atoms. The highest BCUT2D eigenvalue weighted by Crippen LogP contribution is 2.36. The highest BCUT2D eigenvalue weighted by atomic mass is 32.2. The zero-order valence-electron chi connectivity index (χ0n) is 20.3. The molecule has 0 saturated carbocycles. The van der Waals surface area contributed by atoms with Crippen LogP contribution in [0, 0.1) is 5.82 Å². The molecule has 208 valence electrons. The molecule has 4 rings (SSSR count). The van der Waals surface area contributed by atoms with Crippen LogP contribution in [0.3, 0.4) is 0 Å². The Morgan fingerprint density at radius 2 is 1.72 bits per heavy atom. The Morgan fingerprint density at radius 1 is 1.08 bits per heavy atom. The minimum atomic E-state index is -4.55. The first kappa shape index (κ1) is 28.4. The molecule has 1 atom stereocenters. The molecule has 1 aliphatic heterocycles. The van der Waals surface area contributed by atoms with Crippen LogP contribution in [0.25, 0.3) is 11.3 Å². The van der Waals surface area contributed by atoms with Gasteiger partial charge in [0.2, 0.25) is 15.9 Å². The lowest BCUT2D eigenvalue weighted by atomic mass is 10.1. The van der Waals surface area contributed by atoms with E-state index in [1.165, 1.54) is 24.3 Å². The Hall–Kier alpha value is -3.65. The molecule has 1 aromatic heterocycles. The molecule has 14 heteroatoms. The molecular weight excluding hydrogens is 550 g/mol. The summed E-state index contributed by atoms with van der Waals surface area (Å²) in [4.78, 5) is 16.8. The summed E-state index contributed by atoms with van der Waals surface area (Å²) in [7, 11) is -2.99. The minimum Gasteiger partial charge on any atom is -0.373 e. The molecule has 1 amide bonds. The Bertz CT molecular complexity index is 1460. The van der Waals surface area contributed by atoms with Crippen molar-refractivity contribution in [3.8, 4) is 11.3 Å². The zero-order valence-corrected chi connectivity index (χ0v) is 21.1. The highest BCUT2D eigenvalue weighted by molar-refractivity contribution is 7.89. The van der Waals surface area contributed by atoms with Gasteiger partial charge in [-0.3, -0.25) is 4.79 Å². The van der Waals surface area contributed by atoms with Gasteiger partial charge in [0, 0.05) is 25.6 Å². The summed E-state index contributed by atoms with van der Waals surface area (Å²) in [5.74, 6) is -4.84. The summed E-state index contributed by atoms with van der Waals surface area (Å²) < 4.78 is 107. The fraction of sp³-hybridized carbons (Fsp3) is 0.280. The van der Waals surface area contributed by atoms with Crippen LogP contribution in [0.4, 0.5) is 32.2 Å². The maximum atomic E-state index is 14.3. The maximum absolute atomic E-state index is 14.3. The van der Waals surface area contributed by atoms with Crippen molar-refractivity contribution in [3.05, 3.63) is 77.6 Å². The summed E-state index contributed by atoms with van der Waals surface area (Å²) in [5.41, 5.74) is 0.236. The summed E-state index contributed by atoms with van der Waals surface area (Å²) >= 11 is 0. The van der Waals surface area contributed by atoms with Gasteiger partial charge in [-0.2, -0.15) is 17.5 Å². The van der Waals surface area contributed by atoms with E-state index < -0.39 is 63.3 Å². The first-order chi connectivity index (χ1) is 18.2. The number of carbonyl (C=O) groups is 1. The normalized spacial score (nSPS) is 17.7. The van der Waals surface area contributed by atoms with Gasteiger partial charge >= 0.3 is 6.18 Å². The third-order valence-electron chi connectivity index (χ3n) is 6.07. The topological polar surface area (TPSA) is 91.4 Å². The fourth-order valence-electron chi connectivity index (χ4n) is 4.11. The predicted octanol–water partition coefficient (Wildman–Crippen LogP) is 4.66. The number of hydrogen-bond acceptors (Lipinski definition) is 5. The minimum absolute atomic E-state index is 0.212. The van der Waals surface area contributed by atoms with E-state index in [9.17, 15) is 39.6 Å². The largest absolute Gasteiger partial charge is 0.416 e. The van der Waals surface area contributed by atoms with Gasteiger partial charge in [-0.15, -0.1) is 0 Å². The monoisotopic (exact) mass is 572 g/mol. The molecule has 1 aliphatic rings. The number of amides is 1. The number of aromatic nitrogens is 1. The molecule has 2 heterocycles. The average molecular weight is 573 g/mol. The van der Waals surface area contributed by atoms with Gasteiger partial charge in [-0.05, 0) is 54.1 Å². The summed E-state index contributed by atoms with van der Waals surface area (Å²) in [6.45, 7) is -1.43. The first-order valence-corrected chi connectivity index (χ1v) is 12.9. The smallest absolute Gasteiger partial charge is 0.373 e. The van der Waals surface area contributed by atoms with Crippen molar-refractivity contribution < 1.29 is 39.6 Å². The third kappa shape index (κ3) is 6.33. The van der Waals surface area contributed by atoms with Gasteiger partial charge < -0.3 is 10.6 Å². The van der Waals surface area contributed by atoms with Gasteiger partial charge in [0.15, 0.2) is 0 Å². The van der Waals surface area contributed by atoms with Crippen LogP contribution < -0.4 is 10.6 Å². The summed E-state index contributed by atoms with van der Waals surface area (Å²) in [6.07, 6.45) is -5.56. The molecule has 3 aromatic rings. The molecule has 0 radical (unpaired) electrons. The molecule has 1 fully saturated rings. The van der Waals surface area contributed by atoms with Crippen molar-refractivity contribution in [3.63, 3.8) is 0 Å². The van der Waals surface area contributed by atoms with E-state index in [-0.39, 0.29) is 12.2 Å². The predicted molar refractivity (Wildman–Crippen MR) is 130 cm³/mol. The maximum Gasteiger partial charge on any atom is 0.416 e. The standard InChI is InChI=1S/C25H22F6N4O3S/c1-32-22-11-15(10-20(34-22)16-2-4-17(5-3-16)25(29,30)31)13-33-23(36)21-12-24(27,28)14-35(21)39(37,38)19-8-6-18(26)7-9-19/h2-11,21H,12-14H2,1H3,(H,32,34)(H,33,36)/t21-/m0/s1. The van der Waals surface area contributed by atoms with E-state index in [0.717, 1.165) is 36.4 Å². The van der Waals surface area contributed by atoms with Crippen molar-refractivity contribution in [1.29, 1.82) is 0 Å². The molecule has 0 aliphatic carbocycles. The average Bonchev–Trinajstić information content (AvgIpc) is 3.23. The number of nitrogens with zero attached hydrogens (tertiary/aromatic N) is 2. The molecule has 1 saturated heterocycles. The van der Waals surface area contributed by atoms with Crippen molar-refractivity contribution in [1.82, 2.24) is 14.6 Å². The SMILES string of the molecule is CNc1cc(CNC(=O)[C@@H]2CC(F)(F)CN2S(=O)(=O)c2ccc(F)cc2)cc(-c2ccc(C(F)(F)F)cc2)n1. The fourth-order valence-corrected chi connectivity index (χ4v) is 5.72. The number of pyridine rings is 1. The molecule has 2 N–H and O–H groups in total. The van der Waals surface area contributed by atoms with Gasteiger partial charge in [0.25, 0.3) is 5.92 Å². The molecule has 7 nitrogen and oxygen atoms in total. The van der Waals surface area contributed by atoms with Crippen LogP contribution in [0.15, 0.2) is 65.6 Å². The quantitative estimate of drug-likeness (QED) is 0.402. The van der Waals surface area contributed by atoms with Gasteiger partial charge in [-0.1, -0.05) is 12.1 Å². The lowest BCUT2D eigenvalue weighted by molar-refractivity contribution is -0.137. The van der Waals surface area contributed by atoms with Crippen molar-refractivity contribution in [2.45, 2.75) is 36.0 Å². The second-order valence-corrected chi connectivity index (χ2v) is 10.8. The lowest BCUT2D eigenvalue weighted by Crippen LogP contribution is -2.45. The van der Waals surface area contributed by atoms with E-state index in [2.05, 4.69) is 15.6 Å². The second-order valence-electron chi connectivity index (χ2n) is 8.87. The van der Waals surface area contributed by atoms with Crippen LogP contribution in [-0.2, 0) is 27.5 Å². The number of benzene rings is 2. The number of sulfonamides is 1. The Kier molecular flexibility index (Phi) is 7.63. The van der Waals surface area contributed by atoms with Crippen LogP contribution in [0.2, 0.25) is 0 Å². The zero-order chi connectivity index (χ0) is 28.6. The van der Waals surface area contributed by atoms with Gasteiger partial charge in [0.1, 0.15) is 17.7 Å². The number of carbonyl (C=O) groups excluding carboxylic acids is 1. The number of alkyl halides is 5. The Labute approximate surface area is 219 Å². The highest BCUT2D eigenvalue weighted by Gasteiger charge is 2.52. The molecular formula is C25H22F6N4O3S. The molecule has 0 spiro atoms. The number of rotatable bonds is 7. The first-order valence-electron chi connectivity index (χ1n) is 11.5. The van der Waals surface area contributed by atoms with E-state index >= 15 is 0 Å². The number of halogens is 6. The Balaban J connectivity index is 1.55. The van der Waals surface area contributed by atoms with Gasteiger partial charge in [-0.25, -0.2) is 26.6 Å². The van der Waals surface area contributed by atoms with Crippen LogP contribution in [0.1, 0.15) is 17.5 Å². The number of anilines is 1. The van der Waals surface area contributed by atoms with E-state index in [0.29, 0.717) is 21.2 Å².